The first-order chi connectivity index (χ1) is 14.1. The molecule has 3 aromatic carbocycles. The van der Waals surface area contributed by atoms with Gasteiger partial charge in [0.15, 0.2) is 0 Å². The first kappa shape index (κ1) is 19.8. The summed E-state index contributed by atoms with van der Waals surface area (Å²) in [6.07, 6.45) is 0. The number of nitrogens with zero attached hydrogens (tertiary/aromatic N) is 1. The molecule has 0 saturated carbocycles. The second-order valence-corrected chi connectivity index (χ2v) is 6.31. The average molecular weight is 384 g/mol. The minimum atomic E-state index is -0.354. The highest BCUT2D eigenvalue weighted by Crippen LogP contribution is 2.28. The summed E-state index contributed by atoms with van der Waals surface area (Å²) in [5.41, 5.74) is 3.38. The van der Waals surface area contributed by atoms with Gasteiger partial charge in [-0.3, -0.25) is 14.4 Å². The molecule has 1 N–H and O–H groups in total. The number of amides is 3. The van der Waals surface area contributed by atoms with Gasteiger partial charge in [0.2, 0.25) is 0 Å². The summed E-state index contributed by atoms with van der Waals surface area (Å²) in [5.74, 6) is -0.960. The van der Waals surface area contributed by atoms with E-state index in [-0.39, 0.29) is 17.7 Å². The van der Waals surface area contributed by atoms with Crippen LogP contribution in [0.5, 0.6) is 0 Å². The molecule has 1 aliphatic rings. The number of carbonyl (C=O) groups is 3. The number of benzene rings is 3. The Morgan fingerprint density at radius 1 is 0.793 bits per heavy atom. The van der Waals surface area contributed by atoms with Gasteiger partial charge in [-0.25, -0.2) is 4.90 Å². The van der Waals surface area contributed by atoms with Crippen molar-refractivity contribution < 1.29 is 14.4 Å². The fourth-order valence-corrected chi connectivity index (χ4v) is 3.09. The Morgan fingerprint density at radius 3 is 1.86 bits per heavy atom. The van der Waals surface area contributed by atoms with E-state index in [9.17, 15) is 14.4 Å². The van der Waals surface area contributed by atoms with Gasteiger partial charge < -0.3 is 5.32 Å². The monoisotopic (exact) mass is 384 g/mol. The van der Waals surface area contributed by atoms with Crippen LogP contribution in [-0.4, -0.2) is 17.7 Å². The van der Waals surface area contributed by atoms with Gasteiger partial charge in [-0.15, -0.1) is 13.2 Å². The first-order valence-electron chi connectivity index (χ1n) is 9.01. The number of rotatable bonds is 3. The van der Waals surface area contributed by atoms with Crippen LogP contribution in [-0.2, 0) is 0 Å². The summed E-state index contributed by atoms with van der Waals surface area (Å²) in [6, 6.07) is 20.7. The van der Waals surface area contributed by atoms with Gasteiger partial charge in [-0.1, -0.05) is 30.3 Å². The predicted molar refractivity (Wildman–Crippen MR) is 114 cm³/mol. The van der Waals surface area contributed by atoms with Gasteiger partial charge in [-0.2, -0.15) is 0 Å². The van der Waals surface area contributed by atoms with Crippen molar-refractivity contribution in [2.75, 3.05) is 10.2 Å². The van der Waals surface area contributed by atoms with Crippen LogP contribution in [0.4, 0.5) is 11.4 Å². The standard InChI is InChI=1S/C22H16N2O3.C2H4/c1-14-6-2-5-9-19(14)23-20(25)15-10-12-16(13-11-15)24-21(26)17-7-3-4-8-18(17)22(24)27;1-2/h2-13H,1H3,(H,23,25);1-2H2. The van der Waals surface area contributed by atoms with Crippen LogP contribution in [0.1, 0.15) is 36.6 Å². The number of nitrogens with one attached hydrogen (secondary N) is 1. The predicted octanol–water partition coefficient (Wildman–Crippen LogP) is 4.85. The van der Waals surface area contributed by atoms with Crippen molar-refractivity contribution in [3.8, 4) is 0 Å². The van der Waals surface area contributed by atoms with E-state index in [1.54, 1.807) is 48.5 Å². The Hall–Kier alpha value is -3.99. The fraction of sp³-hybridized carbons (Fsp3) is 0.0417. The zero-order valence-corrected chi connectivity index (χ0v) is 16.0. The lowest BCUT2D eigenvalue weighted by atomic mass is 10.1. The molecule has 0 unspecified atom stereocenters. The minimum Gasteiger partial charge on any atom is -0.322 e. The zero-order chi connectivity index (χ0) is 21.0. The van der Waals surface area contributed by atoms with Gasteiger partial charge >= 0.3 is 0 Å². The van der Waals surface area contributed by atoms with Crippen LogP contribution in [0.3, 0.4) is 0 Å². The normalized spacial score (nSPS) is 12.1. The molecule has 0 saturated heterocycles. The maximum atomic E-state index is 12.5. The molecule has 0 atom stereocenters. The molecule has 1 heterocycles. The number of imide groups is 1. The number of carbonyl (C=O) groups excluding carboxylic acids is 3. The molecule has 0 aliphatic carbocycles. The van der Waals surface area contributed by atoms with E-state index in [2.05, 4.69) is 18.5 Å². The molecule has 29 heavy (non-hydrogen) atoms. The van der Waals surface area contributed by atoms with E-state index in [0.717, 1.165) is 16.2 Å². The molecular formula is C24H20N2O3. The van der Waals surface area contributed by atoms with Crippen LogP contribution in [0.2, 0.25) is 0 Å². The van der Waals surface area contributed by atoms with Crippen molar-refractivity contribution in [2.24, 2.45) is 0 Å². The molecule has 0 radical (unpaired) electrons. The van der Waals surface area contributed by atoms with Gasteiger partial charge in [0, 0.05) is 11.3 Å². The molecule has 3 aromatic rings. The lowest BCUT2D eigenvalue weighted by Gasteiger charge is -2.14. The minimum absolute atomic E-state index is 0.252. The third kappa shape index (κ3) is 3.71. The SMILES string of the molecule is C=C.Cc1ccccc1NC(=O)c1ccc(N2C(=O)c3ccccc3C2=O)cc1. The number of fused-ring (bicyclic) bond motifs is 1. The molecule has 144 valence electrons. The van der Waals surface area contributed by atoms with Crippen LogP contribution < -0.4 is 10.2 Å². The van der Waals surface area contributed by atoms with Gasteiger partial charge in [0.05, 0.1) is 16.8 Å². The average Bonchev–Trinajstić information content (AvgIpc) is 3.02. The molecule has 4 rings (SSSR count). The summed E-state index contributed by atoms with van der Waals surface area (Å²) >= 11 is 0. The molecular weight excluding hydrogens is 364 g/mol. The van der Waals surface area contributed by atoms with E-state index in [4.69, 9.17) is 0 Å². The second kappa shape index (κ2) is 8.35. The number of hydrogen-bond acceptors (Lipinski definition) is 3. The Bertz CT molecular complexity index is 1050. The molecule has 0 bridgehead atoms. The van der Waals surface area contributed by atoms with Gasteiger partial charge in [0.25, 0.3) is 17.7 Å². The smallest absolute Gasteiger partial charge is 0.266 e. The Kier molecular flexibility index (Phi) is 5.69. The molecule has 5 heteroatoms. The highest BCUT2D eigenvalue weighted by Gasteiger charge is 2.36. The highest BCUT2D eigenvalue weighted by atomic mass is 16.2. The van der Waals surface area contributed by atoms with E-state index in [0.29, 0.717) is 22.4 Å². The number of hydrogen-bond donors (Lipinski definition) is 1. The maximum Gasteiger partial charge on any atom is 0.266 e. The maximum absolute atomic E-state index is 12.5. The third-order valence-corrected chi connectivity index (χ3v) is 4.58. The van der Waals surface area contributed by atoms with E-state index >= 15 is 0 Å². The Balaban J connectivity index is 0.00000117. The van der Waals surface area contributed by atoms with Crippen LogP contribution in [0, 0.1) is 6.92 Å². The largest absolute Gasteiger partial charge is 0.322 e. The summed E-state index contributed by atoms with van der Waals surface area (Å²) in [6.45, 7) is 7.92. The zero-order valence-electron chi connectivity index (χ0n) is 16.0. The number of para-hydroxylation sites is 1. The van der Waals surface area contributed by atoms with Crippen molar-refractivity contribution in [2.45, 2.75) is 6.92 Å². The third-order valence-electron chi connectivity index (χ3n) is 4.58. The Morgan fingerprint density at radius 2 is 1.31 bits per heavy atom. The molecule has 1 aliphatic heterocycles. The molecule has 3 amide bonds. The Labute approximate surface area is 169 Å². The number of aryl methyl sites for hydroxylation is 1. The van der Waals surface area contributed by atoms with Crippen LogP contribution in [0.25, 0.3) is 0 Å². The molecule has 0 aromatic heterocycles. The molecule has 5 nitrogen and oxygen atoms in total. The lowest BCUT2D eigenvalue weighted by Crippen LogP contribution is -2.29. The first-order valence-corrected chi connectivity index (χ1v) is 9.01. The van der Waals surface area contributed by atoms with E-state index < -0.39 is 0 Å². The van der Waals surface area contributed by atoms with Crippen LogP contribution in [0.15, 0.2) is 86.0 Å². The van der Waals surface area contributed by atoms with Crippen molar-refractivity contribution in [1.29, 1.82) is 0 Å². The summed E-state index contributed by atoms with van der Waals surface area (Å²) < 4.78 is 0. The van der Waals surface area contributed by atoms with Crippen molar-refractivity contribution in [3.63, 3.8) is 0 Å². The number of anilines is 2. The summed E-state index contributed by atoms with van der Waals surface area (Å²) in [7, 11) is 0. The quantitative estimate of drug-likeness (QED) is 0.518. The topological polar surface area (TPSA) is 66.5 Å². The summed E-state index contributed by atoms with van der Waals surface area (Å²) in [4.78, 5) is 38.6. The van der Waals surface area contributed by atoms with Crippen molar-refractivity contribution in [1.82, 2.24) is 0 Å². The highest BCUT2D eigenvalue weighted by molar-refractivity contribution is 6.34. The van der Waals surface area contributed by atoms with E-state index in [1.165, 1.54) is 0 Å². The van der Waals surface area contributed by atoms with E-state index in [1.807, 2.05) is 31.2 Å². The fourth-order valence-electron chi connectivity index (χ4n) is 3.09. The summed E-state index contributed by atoms with van der Waals surface area (Å²) in [5, 5.41) is 2.86. The van der Waals surface area contributed by atoms with Gasteiger partial charge in [0.1, 0.15) is 0 Å². The molecule has 0 spiro atoms. The molecule has 0 fully saturated rings. The van der Waals surface area contributed by atoms with Crippen molar-refractivity contribution >= 4 is 29.1 Å². The second-order valence-electron chi connectivity index (χ2n) is 6.31. The van der Waals surface area contributed by atoms with Gasteiger partial charge in [-0.05, 0) is 55.0 Å². The lowest BCUT2D eigenvalue weighted by molar-refractivity contribution is 0.0925. The van der Waals surface area contributed by atoms with Crippen LogP contribution >= 0.6 is 0 Å². The van der Waals surface area contributed by atoms with Crippen molar-refractivity contribution in [3.05, 3.63) is 108 Å².